The molecule has 120 valence electrons. The van der Waals surface area contributed by atoms with E-state index in [0.29, 0.717) is 33.9 Å². The predicted molar refractivity (Wildman–Crippen MR) is 84.3 cm³/mol. The van der Waals surface area contributed by atoms with Gasteiger partial charge in [-0.2, -0.15) is 0 Å². The van der Waals surface area contributed by atoms with Crippen LogP contribution in [0.4, 0.5) is 5.88 Å². The smallest absolute Gasteiger partial charge is 0.258 e. The zero-order chi connectivity index (χ0) is 16.4. The first-order chi connectivity index (χ1) is 11.1. The van der Waals surface area contributed by atoms with Gasteiger partial charge >= 0.3 is 0 Å². The second-order valence-corrected chi connectivity index (χ2v) is 5.50. The number of pyridine rings is 1. The van der Waals surface area contributed by atoms with Crippen LogP contribution in [0.15, 0.2) is 21.2 Å². The summed E-state index contributed by atoms with van der Waals surface area (Å²) in [6, 6.07) is 3.45. The Morgan fingerprint density at radius 3 is 2.83 bits per heavy atom. The van der Waals surface area contributed by atoms with Gasteiger partial charge in [-0.25, -0.2) is 4.98 Å². The van der Waals surface area contributed by atoms with Crippen LogP contribution < -0.4 is 5.32 Å². The maximum atomic E-state index is 12.6. The minimum atomic E-state index is -0.301. The molecule has 23 heavy (non-hydrogen) atoms. The topological polar surface area (TPSA) is 94.1 Å². The Kier molecular flexibility index (Phi) is 4.10. The quantitative estimate of drug-likeness (QED) is 0.775. The van der Waals surface area contributed by atoms with E-state index in [0.717, 1.165) is 25.0 Å². The van der Waals surface area contributed by atoms with E-state index in [4.69, 9.17) is 9.05 Å². The number of fused-ring (bicyclic) bond motifs is 1. The molecule has 3 rings (SSSR count). The number of unbranched alkanes of at least 4 members (excludes halogenated alkanes) is 1. The highest BCUT2D eigenvalue weighted by molar-refractivity contribution is 6.11. The van der Waals surface area contributed by atoms with Gasteiger partial charge in [0, 0.05) is 11.8 Å². The van der Waals surface area contributed by atoms with Crippen LogP contribution in [0.3, 0.4) is 0 Å². The van der Waals surface area contributed by atoms with E-state index in [-0.39, 0.29) is 5.91 Å². The Balaban J connectivity index is 1.86. The number of carbonyl (C=O) groups is 1. The maximum Gasteiger partial charge on any atom is 0.258 e. The molecular weight excluding hydrogens is 296 g/mol. The minimum absolute atomic E-state index is 0.301. The van der Waals surface area contributed by atoms with Crippen molar-refractivity contribution >= 4 is 22.9 Å². The highest BCUT2D eigenvalue weighted by Crippen LogP contribution is 2.23. The molecule has 0 aliphatic carbocycles. The molecule has 1 amide bonds. The Morgan fingerprint density at radius 2 is 2.04 bits per heavy atom. The monoisotopic (exact) mass is 314 g/mol. The highest BCUT2D eigenvalue weighted by Gasteiger charge is 2.19. The zero-order valence-corrected chi connectivity index (χ0v) is 13.3. The lowest BCUT2D eigenvalue weighted by Gasteiger charge is -2.03. The third-order valence-electron chi connectivity index (χ3n) is 3.57. The minimum Gasteiger partial charge on any atom is -0.338 e. The third-order valence-corrected chi connectivity index (χ3v) is 3.57. The molecule has 0 fully saturated rings. The normalized spacial score (nSPS) is 11.1. The fourth-order valence-electron chi connectivity index (χ4n) is 2.42. The largest absolute Gasteiger partial charge is 0.338 e. The molecule has 3 aromatic heterocycles. The lowest BCUT2D eigenvalue weighted by Crippen LogP contribution is -2.12. The number of rotatable bonds is 5. The van der Waals surface area contributed by atoms with Gasteiger partial charge in [0.2, 0.25) is 5.88 Å². The first-order valence-corrected chi connectivity index (χ1v) is 7.59. The van der Waals surface area contributed by atoms with Gasteiger partial charge in [-0.1, -0.05) is 23.7 Å². The second kappa shape index (κ2) is 6.20. The van der Waals surface area contributed by atoms with Gasteiger partial charge in [-0.05, 0) is 32.8 Å². The molecule has 7 heteroatoms. The predicted octanol–water partition coefficient (Wildman–Crippen LogP) is 3.42. The molecule has 3 heterocycles. The number of aryl methyl sites for hydroxylation is 3. The average molecular weight is 314 g/mol. The fraction of sp³-hybridized carbons (Fsp3) is 0.375. The van der Waals surface area contributed by atoms with Crippen LogP contribution in [-0.2, 0) is 6.42 Å². The first-order valence-electron chi connectivity index (χ1n) is 7.59. The van der Waals surface area contributed by atoms with Crippen LogP contribution in [0.2, 0.25) is 0 Å². The first kappa shape index (κ1) is 15.2. The SMILES string of the molecule is CCCCc1cc(NC(=O)c2cc(C)nc3onc(C)c23)on1. The molecule has 0 saturated carbocycles. The van der Waals surface area contributed by atoms with Crippen molar-refractivity contribution in [2.75, 3.05) is 5.32 Å². The zero-order valence-electron chi connectivity index (χ0n) is 13.3. The van der Waals surface area contributed by atoms with Crippen molar-refractivity contribution in [3.05, 3.63) is 34.8 Å². The van der Waals surface area contributed by atoms with Crippen molar-refractivity contribution in [3.8, 4) is 0 Å². The van der Waals surface area contributed by atoms with Crippen molar-refractivity contribution in [1.82, 2.24) is 15.3 Å². The van der Waals surface area contributed by atoms with Crippen molar-refractivity contribution in [3.63, 3.8) is 0 Å². The summed E-state index contributed by atoms with van der Waals surface area (Å²) in [4.78, 5) is 16.8. The molecule has 0 radical (unpaired) electrons. The molecule has 0 aromatic carbocycles. The molecule has 0 aliphatic heterocycles. The lowest BCUT2D eigenvalue weighted by atomic mass is 10.1. The van der Waals surface area contributed by atoms with E-state index in [1.54, 1.807) is 26.0 Å². The number of hydrogen-bond acceptors (Lipinski definition) is 6. The molecule has 0 spiro atoms. The van der Waals surface area contributed by atoms with E-state index in [1.807, 2.05) is 0 Å². The summed E-state index contributed by atoms with van der Waals surface area (Å²) >= 11 is 0. The fourth-order valence-corrected chi connectivity index (χ4v) is 2.42. The van der Waals surface area contributed by atoms with Gasteiger partial charge in [-0.3, -0.25) is 10.1 Å². The molecule has 1 N–H and O–H groups in total. The van der Waals surface area contributed by atoms with Crippen molar-refractivity contribution < 1.29 is 13.8 Å². The molecule has 0 unspecified atom stereocenters. The second-order valence-electron chi connectivity index (χ2n) is 5.50. The summed E-state index contributed by atoms with van der Waals surface area (Å²) in [5, 5.41) is 11.2. The summed E-state index contributed by atoms with van der Waals surface area (Å²) in [7, 11) is 0. The molecule has 7 nitrogen and oxygen atoms in total. The summed E-state index contributed by atoms with van der Waals surface area (Å²) in [6.45, 7) is 5.68. The van der Waals surface area contributed by atoms with Crippen LogP contribution in [-0.4, -0.2) is 21.2 Å². The molecule has 0 bridgehead atoms. The summed E-state index contributed by atoms with van der Waals surface area (Å²) in [5.74, 6) is 0.0304. The lowest BCUT2D eigenvalue weighted by molar-refractivity contribution is 0.102. The molecule has 0 aliphatic rings. The van der Waals surface area contributed by atoms with E-state index in [9.17, 15) is 4.79 Å². The number of aromatic nitrogens is 3. The summed E-state index contributed by atoms with van der Waals surface area (Å²) < 4.78 is 10.3. The number of amides is 1. The van der Waals surface area contributed by atoms with E-state index < -0.39 is 0 Å². The molecule has 3 aromatic rings. The Labute approximate surface area is 133 Å². The number of nitrogens with one attached hydrogen (secondary N) is 1. The van der Waals surface area contributed by atoms with Gasteiger partial charge < -0.3 is 9.05 Å². The van der Waals surface area contributed by atoms with E-state index in [1.165, 1.54) is 0 Å². The Hall–Kier alpha value is -2.70. The van der Waals surface area contributed by atoms with E-state index in [2.05, 4.69) is 27.5 Å². The van der Waals surface area contributed by atoms with Gasteiger partial charge in [0.05, 0.1) is 22.3 Å². The Bertz CT molecular complexity index is 850. The van der Waals surface area contributed by atoms with Gasteiger partial charge in [0.15, 0.2) is 0 Å². The van der Waals surface area contributed by atoms with Gasteiger partial charge in [0.1, 0.15) is 0 Å². The van der Waals surface area contributed by atoms with Crippen LogP contribution in [0, 0.1) is 13.8 Å². The summed E-state index contributed by atoms with van der Waals surface area (Å²) in [5.41, 5.74) is 2.95. The Morgan fingerprint density at radius 1 is 1.22 bits per heavy atom. The maximum absolute atomic E-state index is 12.6. The standard InChI is InChI=1S/C16H18N4O3/c1-4-5-6-11-8-13(22-20-11)18-15(21)12-7-9(2)17-16-14(12)10(3)19-23-16/h7-8H,4-6H2,1-3H3,(H,18,21). The molecular formula is C16H18N4O3. The van der Waals surface area contributed by atoms with Crippen molar-refractivity contribution in [1.29, 1.82) is 0 Å². The van der Waals surface area contributed by atoms with Crippen molar-refractivity contribution in [2.24, 2.45) is 0 Å². The van der Waals surface area contributed by atoms with Gasteiger partial charge in [-0.15, -0.1) is 0 Å². The van der Waals surface area contributed by atoms with Crippen molar-refractivity contribution in [2.45, 2.75) is 40.0 Å². The average Bonchev–Trinajstić information content (AvgIpc) is 3.11. The van der Waals surface area contributed by atoms with Gasteiger partial charge in [0.25, 0.3) is 11.6 Å². The third kappa shape index (κ3) is 3.08. The molecule has 0 saturated heterocycles. The number of carbonyl (C=O) groups excluding carboxylic acids is 1. The van der Waals surface area contributed by atoms with Crippen LogP contribution >= 0.6 is 0 Å². The summed E-state index contributed by atoms with van der Waals surface area (Å²) in [6.07, 6.45) is 2.94. The van der Waals surface area contributed by atoms with Crippen LogP contribution in [0.25, 0.3) is 11.1 Å². The van der Waals surface area contributed by atoms with Crippen LogP contribution in [0.5, 0.6) is 0 Å². The molecule has 0 atom stereocenters. The number of hydrogen-bond donors (Lipinski definition) is 1. The number of anilines is 1. The number of nitrogens with zero attached hydrogens (tertiary/aromatic N) is 3. The highest BCUT2D eigenvalue weighted by atomic mass is 16.5. The van der Waals surface area contributed by atoms with Crippen LogP contribution in [0.1, 0.15) is 47.2 Å². The van der Waals surface area contributed by atoms with E-state index >= 15 is 0 Å².